The average molecular weight is 261 g/mol. The summed E-state index contributed by atoms with van der Waals surface area (Å²) in [5, 5.41) is 9.06. The van der Waals surface area contributed by atoms with Gasteiger partial charge >= 0.3 is 0 Å². The minimum absolute atomic E-state index is 0.680. The molecule has 0 aromatic carbocycles. The summed E-state index contributed by atoms with van der Waals surface area (Å²) in [7, 11) is 0. The Kier molecular flexibility index (Phi) is 2.61. The van der Waals surface area contributed by atoms with Crippen LogP contribution in [0.2, 0.25) is 0 Å². The van der Waals surface area contributed by atoms with E-state index in [9.17, 15) is 0 Å². The Labute approximate surface area is 112 Å². The Bertz CT molecular complexity index is 434. The molecular weight excluding hydrogens is 242 g/mol. The molecule has 0 N–H and O–H groups in total. The number of aromatic nitrogens is 3. The fourth-order valence-electron chi connectivity index (χ4n) is 4.95. The maximum atomic E-state index is 4.73. The number of hydrogen-bond acceptors (Lipinski definition) is 4. The molecule has 0 aliphatic heterocycles. The van der Waals surface area contributed by atoms with Crippen LogP contribution in [0.3, 0.4) is 0 Å². The number of rotatable bonds is 2. The third-order valence-corrected chi connectivity index (χ3v) is 5.85. The van der Waals surface area contributed by atoms with E-state index in [2.05, 4.69) is 10.2 Å². The van der Waals surface area contributed by atoms with Crippen molar-refractivity contribution >= 4 is 11.8 Å². The highest BCUT2D eigenvalue weighted by molar-refractivity contribution is 7.98. The summed E-state index contributed by atoms with van der Waals surface area (Å²) < 4.78 is 0. The molecule has 0 unspecified atom stereocenters. The van der Waals surface area contributed by atoms with Crippen molar-refractivity contribution in [3.63, 3.8) is 0 Å². The SMILES string of the molecule is CSc1nncc(C2C3CC4CC(C3)CC2C4)n1. The first-order chi connectivity index (χ1) is 8.83. The molecule has 4 aliphatic rings. The highest BCUT2D eigenvalue weighted by atomic mass is 32.2. The first-order valence-corrected chi connectivity index (χ1v) is 8.29. The standard InChI is InChI=1S/C14H19N3S/c1-18-14-16-12(7-15-17-14)13-10-3-8-2-9(5-10)6-11(13)4-8/h7-11,13H,2-6H2,1H3. The second kappa shape index (κ2) is 4.19. The van der Waals surface area contributed by atoms with Gasteiger partial charge in [0, 0.05) is 5.92 Å². The molecular formula is C14H19N3S. The van der Waals surface area contributed by atoms with Gasteiger partial charge in [0.15, 0.2) is 0 Å². The predicted octanol–water partition coefficient (Wildman–Crippen LogP) is 3.13. The van der Waals surface area contributed by atoms with Crippen molar-refractivity contribution in [1.82, 2.24) is 15.2 Å². The number of hydrogen-bond donors (Lipinski definition) is 0. The van der Waals surface area contributed by atoms with Crippen molar-refractivity contribution < 1.29 is 0 Å². The van der Waals surface area contributed by atoms with Crippen molar-refractivity contribution in [3.05, 3.63) is 11.9 Å². The van der Waals surface area contributed by atoms with E-state index < -0.39 is 0 Å². The van der Waals surface area contributed by atoms with Crippen LogP contribution in [0.15, 0.2) is 11.4 Å². The van der Waals surface area contributed by atoms with Crippen molar-refractivity contribution in [2.75, 3.05) is 6.26 Å². The van der Waals surface area contributed by atoms with Crippen LogP contribution in [-0.4, -0.2) is 21.4 Å². The summed E-state index contributed by atoms with van der Waals surface area (Å²) in [4.78, 5) is 4.73. The Morgan fingerprint density at radius 1 is 1.06 bits per heavy atom. The van der Waals surface area contributed by atoms with Gasteiger partial charge in [0.25, 0.3) is 0 Å². The van der Waals surface area contributed by atoms with Crippen molar-refractivity contribution in [3.8, 4) is 0 Å². The van der Waals surface area contributed by atoms with Crippen LogP contribution in [0.5, 0.6) is 0 Å². The molecule has 18 heavy (non-hydrogen) atoms. The molecule has 1 aromatic heterocycles. The van der Waals surface area contributed by atoms with E-state index in [1.807, 2.05) is 12.5 Å². The fraction of sp³-hybridized carbons (Fsp3) is 0.786. The van der Waals surface area contributed by atoms with E-state index in [0.29, 0.717) is 5.92 Å². The highest BCUT2D eigenvalue weighted by Crippen LogP contribution is 2.59. The van der Waals surface area contributed by atoms with Crippen molar-refractivity contribution in [1.29, 1.82) is 0 Å². The molecule has 1 heterocycles. The van der Waals surface area contributed by atoms with Gasteiger partial charge in [-0.05, 0) is 62.0 Å². The minimum Gasteiger partial charge on any atom is -0.224 e. The minimum atomic E-state index is 0.680. The predicted molar refractivity (Wildman–Crippen MR) is 71.4 cm³/mol. The zero-order valence-corrected chi connectivity index (χ0v) is 11.6. The molecule has 4 heteroatoms. The third-order valence-electron chi connectivity index (χ3n) is 5.31. The molecule has 96 valence electrons. The molecule has 0 spiro atoms. The summed E-state index contributed by atoms with van der Waals surface area (Å²) in [6.45, 7) is 0. The lowest BCUT2D eigenvalue weighted by Crippen LogP contribution is -2.44. The van der Waals surface area contributed by atoms with Gasteiger partial charge in [0.05, 0.1) is 11.9 Å². The van der Waals surface area contributed by atoms with Crippen molar-refractivity contribution in [2.45, 2.75) is 43.2 Å². The third kappa shape index (κ3) is 1.68. The van der Waals surface area contributed by atoms with E-state index in [-0.39, 0.29) is 0 Å². The Hall–Kier alpha value is -0.640. The largest absolute Gasteiger partial charge is 0.224 e. The maximum absolute atomic E-state index is 4.73. The molecule has 1 aromatic rings. The lowest BCUT2D eigenvalue weighted by Gasteiger charge is -2.54. The van der Waals surface area contributed by atoms with E-state index in [1.54, 1.807) is 11.8 Å². The van der Waals surface area contributed by atoms with E-state index >= 15 is 0 Å². The monoisotopic (exact) mass is 261 g/mol. The van der Waals surface area contributed by atoms with Gasteiger partial charge in [-0.2, -0.15) is 5.10 Å². The van der Waals surface area contributed by atoms with Crippen LogP contribution in [0.25, 0.3) is 0 Å². The molecule has 4 bridgehead atoms. The number of nitrogens with zero attached hydrogens (tertiary/aromatic N) is 3. The zero-order valence-electron chi connectivity index (χ0n) is 10.7. The molecule has 4 saturated carbocycles. The van der Waals surface area contributed by atoms with Gasteiger partial charge in [-0.25, -0.2) is 4.98 Å². The maximum Gasteiger partial charge on any atom is 0.209 e. The van der Waals surface area contributed by atoms with Gasteiger partial charge in [-0.1, -0.05) is 11.8 Å². The molecule has 0 radical (unpaired) electrons. The molecule has 5 rings (SSSR count). The Morgan fingerprint density at radius 3 is 2.33 bits per heavy atom. The lowest BCUT2D eigenvalue weighted by molar-refractivity contribution is -0.00456. The molecule has 0 saturated heterocycles. The Balaban J connectivity index is 1.68. The van der Waals surface area contributed by atoms with Gasteiger partial charge < -0.3 is 0 Å². The van der Waals surface area contributed by atoms with Crippen LogP contribution >= 0.6 is 11.8 Å². The quantitative estimate of drug-likeness (QED) is 0.767. The smallest absolute Gasteiger partial charge is 0.209 e. The summed E-state index contributed by atoms with van der Waals surface area (Å²) >= 11 is 1.60. The van der Waals surface area contributed by atoms with Gasteiger partial charge in [0.1, 0.15) is 0 Å². The van der Waals surface area contributed by atoms with Crippen LogP contribution in [0.4, 0.5) is 0 Å². The van der Waals surface area contributed by atoms with E-state index in [4.69, 9.17) is 4.98 Å². The van der Waals surface area contributed by atoms with E-state index in [1.165, 1.54) is 37.8 Å². The van der Waals surface area contributed by atoms with Gasteiger partial charge in [-0.15, -0.1) is 5.10 Å². The molecule has 4 aliphatic carbocycles. The van der Waals surface area contributed by atoms with Gasteiger partial charge in [-0.3, -0.25) is 0 Å². The van der Waals surface area contributed by atoms with Crippen LogP contribution in [0.1, 0.15) is 43.7 Å². The average Bonchev–Trinajstić information content (AvgIpc) is 2.38. The molecule has 4 fully saturated rings. The van der Waals surface area contributed by atoms with Crippen LogP contribution in [0, 0.1) is 23.7 Å². The highest BCUT2D eigenvalue weighted by Gasteiger charge is 2.49. The first-order valence-electron chi connectivity index (χ1n) is 7.07. The molecule has 3 nitrogen and oxygen atoms in total. The Morgan fingerprint density at radius 2 is 1.72 bits per heavy atom. The van der Waals surface area contributed by atoms with Gasteiger partial charge in [0.2, 0.25) is 5.16 Å². The molecule has 0 amide bonds. The summed E-state index contributed by atoms with van der Waals surface area (Å²) in [6, 6.07) is 0. The van der Waals surface area contributed by atoms with Crippen LogP contribution < -0.4 is 0 Å². The van der Waals surface area contributed by atoms with E-state index in [0.717, 1.165) is 28.8 Å². The second-order valence-electron chi connectivity index (χ2n) is 6.32. The van der Waals surface area contributed by atoms with Crippen molar-refractivity contribution in [2.24, 2.45) is 23.7 Å². The summed E-state index contributed by atoms with van der Waals surface area (Å²) in [6.07, 6.45) is 11.2. The lowest BCUT2D eigenvalue weighted by atomic mass is 9.51. The van der Waals surface area contributed by atoms with Crippen LogP contribution in [-0.2, 0) is 0 Å². The summed E-state index contributed by atoms with van der Waals surface area (Å²) in [5.74, 6) is 4.50. The summed E-state index contributed by atoms with van der Waals surface area (Å²) in [5.41, 5.74) is 1.23. The first kappa shape index (κ1) is 11.2. The topological polar surface area (TPSA) is 38.7 Å². The number of thioether (sulfide) groups is 1. The second-order valence-corrected chi connectivity index (χ2v) is 7.10. The zero-order chi connectivity index (χ0) is 12.1. The molecule has 0 atom stereocenters. The normalized spacial score (nSPS) is 41.3. The fourth-order valence-corrected chi connectivity index (χ4v) is 5.28.